The number of carbonyl (C=O) groups excluding carboxylic acids is 1. The molecule has 0 aliphatic rings. The van der Waals surface area contributed by atoms with Crippen LogP contribution in [-0.4, -0.2) is 13.1 Å². The number of hydrogen-bond acceptors (Lipinski definition) is 3. The van der Waals surface area contributed by atoms with Crippen molar-refractivity contribution in [1.29, 1.82) is 0 Å². The van der Waals surface area contributed by atoms with Gasteiger partial charge in [-0.05, 0) is 18.1 Å². The van der Waals surface area contributed by atoms with Crippen molar-refractivity contribution in [2.75, 3.05) is 12.8 Å². The van der Waals surface area contributed by atoms with Crippen LogP contribution in [0.15, 0.2) is 12.1 Å². The Balaban J connectivity index is 3.32. The normalized spacial score (nSPS) is 9.93. The minimum absolute atomic E-state index is 0.258. The van der Waals surface area contributed by atoms with Crippen molar-refractivity contribution < 1.29 is 9.53 Å². The van der Waals surface area contributed by atoms with E-state index < -0.39 is 5.97 Å². The lowest BCUT2D eigenvalue weighted by atomic mass is 10.1. The van der Waals surface area contributed by atoms with E-state index in [1.165, 1.54) is 7.11 Å². The number of methoxy groups -OCH3 is 1. The Morgan fingerprint density at radius 1 is 1.57 bits per heavy atom. The quantitative estimate of drug-likeness (QED) is 0.606. The molecule has 0 saturated heterocycles. The fourth-order valence-corrected chi connectivity index (χ4v) is 1.60. The van der Waals surface area contributed by atoms with E-state index in [2.05, 4.69) is 4.74 Å². The molecule has 0 saturated carbocycles. The van der Waals surface area contributed by atoms with Crippen LogP contribution in [0.2, 0.25) is 5.02 Å². The van der Waals surface area contributed by atoms with Gasteiger partial charge in [0.1, 0.15) is 5.56 Å². The number of anilines is 1. The zero-order chi connectivity index (χ0) is 10.7. The van der Waals surface area contributed by atoms with E-state index >= 15 is 0 Å². The van der Waals surface area contributed by atoms with Gasteiger partial charge in [0.25, 0.3) is 0 Å². The lowest BCUT2D eigenvalue weighted by Gasteiger charge is -2.09. The van der Waals surface area contributed by atoms with Gasteiger partial charge >= 0.3 is 5.97 Å². The lowest BCUT2D eigenvalue weighted by molar-refractivity contribution is 0.0602. The molecule has 2 N–H and O–H groups in total. The third-order valence-electron chi connectivity index (χ3n) is 2.02. The lowest BCUT2D eigenvalue weighted by Crippen LogP contribution is -2.07. The highest BCUT2D eigenvalue weighted by Crippen LogP contribution is 2.27. The van der Waals surface area contributed by atoms with Gasteiger partial charge in [-0.25, -0.2) is 4.79 Å². The molecule has 4 heteroatoms. The average molecular weight is 214 g/mol. The number of nitrogen functional groups attached to an aromatic ring is 1. The van der Waals surface area contributed by atoms with E-state index in [1.54, 1.807) is 6.07 Å². The van der Waals surface area contributed by atoms with Gasteiger partial charge in [0.05, 0.1) is 12.1 Å². The molecule has 1 rings (SSSR count). The number of benzene rings is 1. The molecule has 1 aromatic rings. The Hall–Kier alpha value is -1.22. The largest absolute Gasteiger partial charge is 0.465 e. The Bertz CT molecular complexity index is 363. The highest BCUT2D eigenvalue weighted by atomic mass is 35.5. The van der Waals surface area contributed by atoms with Crippen LogP contribution in [0.5, 0.6) is 0 Å². The summed E-state index contributed by atoms with van der Waals surface area (Å²) in [5.74, 6) is -0.497. The summed E-state index contributed by atoms with van der Waals surface area (Å²) in [4.78, 5) is 11.3. The topological polar surface area (TPSA) is 52.3 Å². The van der Waals surface area contributed by atoms with Crippen LogP contribution in [0.3, 0.4) is 0 Å². The highest BCUT2D eigenvalue weighted by Gasteiger charge is 2.16. The first-order valence-electron chi connectivity index (χ1n) is 4.27. The summed E-state index contributed by atoms with van der Waals surface area (Å²) >= 11 is 6.01. The first kappa shape index (κ1) is 10.9. The first-order valence-corrected chi connectivity index (χ1v) is 4.64. The van der Waals surface area contributed by atoms with Gasteiger partial charge in [-0.3, -0.25) is 0 Å². The maximum atomic E-state index is 11.3. The molecular weight excluding hydrogens is 202 g/mol. The van der Waals surface area contributed by atoms with Crippen molar-refractivity contribution in [3.8, 4) is 0 Å². The summed E-state index contributed by atoms with van der Waals surface area (Å²) < 4.78 is 4.59. The van der Waals surface area contributed by atoms with Crippen molar-refractivity contribution >= 4 is 23.3 Å². The Labute approximate surface area is 87.8 Å². The second-order valence-corrected chi connectivity index (χ2v) is 3.23. The second kappa shape index (κ2) is 4.33. The van der Waals surface area contributed by atoms with Gasteiger partial charge in [0.15, 0.2) is 0 Å². The van der Waals surface area contributed by atoms with Crippen LogP contribution >= 0.6 is 11.6 Å². The molecule has 0 unspecified atom stereocenters. The average Bonchev–Trinajstić information content (AvgIpc) is 2.18. The van der Waals surface area contributed by atoms with Gasteiger partial charge in [-0.1, -0.05) is 24.6 Å². The van der Waals surface area contributed by atoms with Crippen molar-refractivity contribution in [2.24, 2.45) is 0 Å². The second-order valence-electron chi connectivity index (χ2n) is 2.85. The molecule has 0 atom stereocenters. The Kier molecular flexibility index (Phi) is 3.36. The maximum Gasteiger partial charge on any atom is 0.341 e. The summed E-state index contributed by atoms with van der Waals surface area (Å²) in [5, 5.41) is 0.388. The van der Waals surface area contributed by atoms with Gasteiger partial charge in [-0.15, -0.1) is 0 Å². The molecule has 76 valence electrons. The molecule has 0 aromatic heterocycles. The number of aryl methyl sites for hydroxylation is 1. The number of halogens is 1. The maximum absolute atomic E-state index is 11.3. The monoisotopic (exact) mass is 213 g/mol. The molecule has 0 spiro atoms. The van der Waals surface area contributed by atoms with Crippen molar-refractivity contribution in [3.63, 3.8) is 0 Å². The van der Waals surface area contributed by atoms with Gasteiger partial charge in [0, 0.05) is 5.69 Å². The predicted molar refractivity (Wildman–Crippen MR) is 56.6 cm³/mol. The summed E-state index contributed by atoms with van der Waals surface area (Å²) in [6, 6.07) is 3.47. The number of nitrogens with two attached hydrogens (primary N) is 1. The molecule has 0 bridgehead atoms. The standard InChI is InChI=1S/C10H12ClNO2/c1-3-6-4-5-7(12)8(9(6)11)10(13)14-2/h4-5H,3,12H2,1-2H3. The Morgan fingerprint density at radius 3 is 2.71 bits per heavy atom. The fraction of sp³-hybridized carbons (Fsp3) is 0.300. The molecule has 14 heavy (non-hydrogen) atoms. The van der Waals surface area contributed by atoms with Crippen LogP contribution in [0.25, 0.3) is 0 Å². The molecule has 0 fully saturated rings. The van der Waals surface area contributed by atoms with Gasteiger partial charge in [-0.2, -0.15) is 0 Å². The van der Waals surface area contributed by atoms with E-state index in [1.807, 2.05) is 13.0 Å². The summed E-state index contributed by atoms with van der Waals surface area (Å²) in [6.07, 6.45) is 0.753. The summed E-state index contributed by atoms with van der Waals surface area (Å²) in [7, 11) is 1.30. The van der Waals surface area contributed by atoms with E-state index in [-0.39, 0.29) is 5.56 Å². The van der Waals surface area contributed by atoms with Crippen molar-refractivity contribution in [3.05, 3.63) is 28.3 Å². The molecule has 0 amide bonds. The van der Waals surface area contributed by atoms with Crippen LogP contribution in [0.1, 0.15) is 22.8 Å². The number of ether oxygens (including phenoxy) is 1. The van der Waals surface area contributed by atoms with Crippen molar-refractivity contribution in [1.82, 2.24) is 0 Å². The van der Waals surface area contributed by atoms with E-state index in [0.29, 0.717) is 10.7 Å². The number of carbonyl (C=O) groups is 1. The van der Waals surface area contributed by atoms with E-state index in [0.717, 1.165) is 12.0 Å². The zero-order valence-corrected chi connectivity index (χ0v) is 8.89. The molecule has 0 aliphatic heterocycles. The number of rotatable bonds is 2. The summed E-state index contributed by atoms with van der Waals surface area (Å²) in [5.41, 5.74) is 7.13. The SMILES string of the molecule is CCc1ccc(N)c(C(=O)OC)c1Cl. The van der Waals surface area contributed by atoms with Crippen LogP contribution in [0.4, 0.5) is 5.69 Å². The zero-order valence-electron chi connectivity index (χ0n) is 8.13. The van der Waals surface area contributed by atoms with E-state index in [4.69, 9.17) is 17.3 Å². The van der Waals surface area contributed by atoms with E-state index in [9.17, 15) is 4.79 Å². The third kappa shape index (κ3) is 1.82. The highest BCUT2D eigenvalue weighted by molar-refractivity contribution is 6.35. The molecule has 0 aliphatic carbocycles. The third-order valence-corrected chi connectivity index (χ3v) is 2.46. The number of esters is 1. The smallest absolute Gasteiger partial charge is 0.341 e. The minimum Gasteiger partial charge on any atom is -0.465 e. The summed E-state index contributed by atoms with van der Waals surface area (Å²) in [6.45, 7) is 1.96. The van der Waals surface area contributed by atoms with Gasteiger partial charge in [0.2, 0.25) is 0 Å². The molecule has 1 aromatic carbocycles. The van der Waals surface area contributed by atoms with Crippen LogP contribution < -0.4 is 5.73 Å². The minimum atomic E-state index is -0.497. The molecular formula is C10H12ClNO2. The molecule has 3 nitrogen and oxygen atoms in total. The number of hydrogen-bond donors (Lipinski definition) is 1. The Morgan fingerprint density at radius 2 is 2.21 bits per heavy atom. The first-order chi connectivity index (χ1) is 6.61. The molecule has 0 radical (unpaired) electrons. The van der Waals surface area contributed by atoms with Crippen molar-refractivity contribution in [2.45, 2.75) is 13.3 Å². The van der Waals surface area contributed by atoms with Crippen LogP contribution in [0, 0.1) is 0 Å². The fourth-order valence-electron chi connectivity index (χ4n) is 1.22. The van der Waals surface area contributed by atoms with Crippen LogP contribution in [-0.2, 0) is 11.2 Å². The van der Waals surface area contributed by atoms with Gasteiger partial charge < -0.3 is 10.5 Å². The molecule has 0 heterocycles. The predicted octanol–water partition coefficient (Wildman–Crippen LogP) is 2.27.